The molecule has 3 rings (SSSR count). The van der Waals surface area contributed by atoms with E-state index in [1.165, 1.54) is 18.9 Å². The number of carbonyl (C=O) groups is 2. The van der Waals surface area contributed by atoms with Crippen LogP contribution in [0.3, 0.4) is 0 Å². The number of rotatable bonds is 2. The minimum Gasteiger partial charge on any atom is -0.431 e. The van der Waals surface area contributed by atoms with Gasteiger partial charge in [-0.3, -0.25) is 9.59 Å². The summed E-state index contributed by atoms with van der Waals surface area (Å²) in [6, 6.07) is 0. The zero-order valence-corrected chi connectivity index (χ0v) is 14.6. The average Bonchev–Trinajstić information content (AvgIpc) is 2.81. The normalized spacial score (nSPS) is 39.1. The van der Waals surface area contributed by atoms with Crippen molar-refractivity contribution in [1.29, 1.82) is 0 Å². The molecule has 23 heavy (non-hydrogen) atoms. The predicted octanol–water partition coefficient (Wildman–Crippen LogP) is 4.58. The summed E-state index contributed by atoms with van der Waals surface area (Å²) in [7, 11) is 0. The van der Waals surface area contributed by atoms with Crippen molar-refractivity contribution in [3.63, 3.8) is 0 Å². The van der Waals surface area contributed by atoms with Crippen LogP contribution in [0.5, 0.6) is 0 Å². The van der Waals surface area contributed by atoms with E-state index in [0.29, 0.717) is 23.5 Å². The van der Waals surface area contributed by atoms with Crippen molar-refractivity contribution in [2.24, 2.45) is 23.2 Å². The predicted molar refractivity (Wildman–Crippen MR) is 89.5 cm³/mol. The molecule has 126 valence electrons. The van der Waals surface area contributed by atoms with Crippen molar-refractivity contribution in [1.82, 2.24) is 0 Å². The van der Waals surface area contributed by atoms with E-state index in [4.69, 9.17) is 4.74 Å². The van der Waals surface area contributed by atoms with Crippen LogP contribution in [0.2, 0.25) is 0 Å². The summed E-state index contributed by atoms with van der Waals surface area (Å²) in [6.45, 7) is 5.72. The van der Waals surface area contributed by atoms with Crippen LogP contribution in [-0.2, 0) is 14.3 Å². The van der Waals surface area contributed by atoms with Gasteiger partial charge in [-0.25, -0.2) is 0 Å². The number of carbonyl (C=O) groups excluding carboxylic acids is 2. The Morgan fingerprint density at radius 3 is 2.78 bits per heavy atom. The molecular weight excluding hydrogens is 288 g/mol. The number of ketones is 1. The zero-order chi connectivity index (χ0) is 16.6. The molecule has 0 aromatic rings. The summed E-state index contributed by atoms with van der Waals surface area (Å²) in [5.74, 6) is 2.86. The molecule has 2 fully saturated rings. The van der Waals surface area contributed by atoms with Crippen LogP contribution in [0, 0.1) is 23.2 Å². The minimum absolute atomic E-state index is 0.0417. The van der Waals surface area contributed by atoms with E-state index in [9.17, 15) is 9.59 Å². The molecule has 3 aliphatic rings. The van der Waals surface area contributed by atoms with Crippen molar-refractivity contribution < 1.29 is 14.3 Å². The van der Waals surface area contributed by atoms with Crippen LogP contribution in [0.1, 0.15) is 65.7 Å². The Morgan fingerprint density at radius 2 is 2.09 bits per heavy atom. The lowest BCUT2D eigenvalue weighted by molar-refractivity contribution is -0.137. The number of fused-ring (bicyclic) bond motifs is 1. The van der Waals surface area contributed by atoms with Gasteiger partial charge in [0.25, 0.3) is 0 Å². The van der Waals surface area contributed by atoms with E-state index in [2.05, 4.69) is 26.0 Å². The van der Waals surface area contributed by atoms with Gasteiger partial charge in [-0.1, -0.05) is 13.0 Å². The first-order chi connectivity index (χ1) is 10.9. The Bertz CT molecular complexity index is 571. The molecule has 0 heterocycles. The average molecular weight is 316 g/mol. The van der Waals surface area contributed by atoms with Crippen LogP contribution in [0.15, 0.2) is 23.5 Å². The van der Waals surface area contributed by atoms with Gasteiger partial charge in [0.05, 0.1) is 0 Å². The molecule has 0 aromatic carbocycles. The molecule has 0 bridgehead atoms. The maximum Gasteiger partial charge on any atom is 0.307 e. The molecule has 4 atom stereocenters. The second-order valence-electron chi connectivity index (χ2n) is 7.75. The third-order valence-electron chi connectivity index (χ3n) is 6.51. The summed E-state index contributed by atoms with van der Waals surface area (Å²) in [5.41, 5.74) is 1.27. The molecule has 3 heteroatoms. The quantitative estimate of drug-likeness (QED) is 0.701. The number of hydrogen-bond donors (Lipinski definition) is 0. The van der Waals surface area contributed by atoms with Crippen LogP contribution in [0.4, 0.5) is 0 Å². The minimum atomic E-state index is -0.233. The molecular formula is C20H28O3. The molecule has 0 amide bonds. The first-order valence-electron chi connectivity index (χ1n) is 9.02. The van der Waals surface area contributed by atoms with Gasteiger partial charge in [-0.05, 0) is 68.4 Å². The SMILES string of the molecule is C/C=C1/C=C(OC(C)=O)CCC1C1CCC2(C)C(=O)CCC2C1. The van der Waals surface area contributed by atoms with Gasteiger partial charge < -0.3 is 4.74 Å². The molecule has 0 spiro atoms. The lowest BCUT2D eigenvalue weighted by Gasteiger charge is -2.43. The smallest absolute Gasteiger partial charge is 0.307 e. The molecule has 0 aliphatic heterocycles. The molecule has 0 radical (unpaired) electrons. The largest absolute Gasteiger partial charge is 0.431 e. The third kappa shape index (κ3) is 3.02. The molecule has 3 aliphatic carbocycles. The Balaban J connectivity index is 1.72. The van der Waals surface area contributed by atoms with Crippen molar-refractivity contribution in [3.8, 4) is 0 Å². The summed E-state index contributed by atoms with van der Waals surface area (Å²) in [6.07, 6.45) is 11.4. The van der Waals surface area contributed by atoms with Crippen LogP contribution >= 0.6 is 0 Å². The standard InChI is InChI=1S/C20H28O3/c1-4-14-12-17(23-13(2)21)6-7-18(14)15-9-10-20(3)16(11-15)5-8-19(20)22/h4,12,15-16,18H,5-11H2,1-3H3/b14-4-. The number of allylic oxidation sites excluding steroid dienone is 4. The summed E-state index contributed by atoms with van der Waals surface area (Å²) in [4.78, 5) is 23.4. The van der Waals surface area contributed by atoms with Crippen molar-refractivity contribution in [2.75, 3.05) is 0 Å². The number of ether oxygens (including phenoxy) is 1. The lowest BCUT2D eigenvalue weighted by Crippen LogP contribution is -2.37. The highest BCUT2D eigenvalue weighted by Crippen LogP contribution is 2.54. The van der Waals surface area contributed by atoms with Crippen molar-refractivity contribution in [2.45, 2.75) is 65.7 Å². The van der Waals surface area contributed by atoms with E-state index in [0.717, 1.165) is 44.3 Å². The molecule has 4 unspecified atom stereocenters. The second kappa shape index (κ2) is 6.26. The maximum atomic E-state index is 12.2. The summed E-state index contributed by atoms with van der Waals surface area (Å²) in [5, 5.41) is 0. The van der Waals surface area contributed by atoms with E-state index in [1.54, 1.807) is 0 Å². The van der Waals surface area contributed by atoms with Gasteiger partial charge in [0.2, 0.25) is 0 Å². The highest BCUT2D eigenvalue weighted by atomic mass is 16.5. The van der Waals surface area contributed by atoms with E-state index < -0.39 is 0 Å². The Labute approximate surface area is 139 Å². The summed E-state index contributed by atoms with van der Waals surface area (Å²) < 4.78 is 5.30. The zero-order valence-electron chi connectivity index (χ0n) is 14.6. The maximum absolute atomic E-state index is 12.2. The van der Waals surface area contributed by atoms with Crippen LogP contribution in [0.25, 0.3) is 0 Å². The fourth-order valence-electron chi connectivity index (χ4n) is 5.09. The summed E-state index contributed by atoms with van der Waals surface area (Å²) >= 11 is 0. The first kappa shape index (κ1) is 16.5. The van der Waals surface area contributed by atoms with Crippen LogP contribution < -0.4 is 0 Å². The number of hydrogen-bond acceptors (Lipinski definition) is 3. The highest BCUT2D eigenvalue weighted by Gasteiger charge is 2.50. The highest BCUT2D eigenvalue weighted by molar-refractivity contribution is 5.87. The first-order valence-corrected chi connectivity index (χ1v) is 9.02. The Morgan fingerprint density at radius 1 is 1.30 bits per heavy atom. The fraction of sp³-hybridized carbons (Fsp3) is 0.700. The van der Waals surface area contributed by atoms with Crippen molar-refractivity contribution >= 4 is 11.8 Å². The monoisotopic (exact) mass is 316 g/mol. The molecule has 0 aromatic heterocycles. The van der Waals surface area contributed by atoms with Gasteiger partial charge in [-0.15, -0.1) is 0 Å². The third-order valence-corrected chi connectivity index (χ3v) is 6.51. The van der Waals surface area contributed by atoms with Gasteiger partial charge in [-0.2, -0.15) is 0 Å². The molecule has 0 saturated heterocycles. The van der Waals surface area contributed by atoms with E-state index in [1.807, 2.05) is 0 Å². The van der Waals surface area contributed by atoms with E-state index >= 15 is 0 Å². The number of esters is 1. The van der Waals surface area contributed by atoms with Gasteiger partial charge in [0, 0.05) is 25.2 Å². The second-order valence-corrected chi connectivity index (χ2v) is 7.75. The number of Topliss-reactive ketones (excluding diaryl/α,β-unsaturated/α-hetero) is 1. The van der Waals surface area contributed by atoms with Gasteiger partial charge in [0.15, 0.2) is 0 Å². The topological polar surface area (TPSA) is 43.4 Å². The van der Waals surface area contributed by atoms with E-state index in [-0.39, 0.29) is 11.4 Å². The van der Waals surface area contributed by atoms with Crippen LogP contribution in [-0.4, -0.2) is 11.8 Å². The Hall–Kier alpha value is -1.38. The van der Waals surface area contributed by atoms with Crippen molar-refractivity contribution in [3.05, 3.63) is 23.5 Å². The Kier molecular flexibility index (Phi) is 4.48. The molecule has 3 nitrogen and oxygen atoms in total. The molecule has 2 saturated carbocycles. The van der Waals surface area contributed by atoms with Gasteiger partial charge in [0.1, 0.15) is 11.5 Å². The fourth-order valence-corrected chi connectivity index (χ4v) is 5.09. The van der Waals surface area contributed by atoms with Gasteiger partial charge >= 0.3 is 5.97 Å². The molecule has 0 N–H and O–H groups in total. The lowest BCUT2D eigenvalue weighted by atomic mass is 9.61.